The fourth-order valence-corrected chi connectivity index (χ4v) is 4.91. The molecule has 156 valence electrons. The molecule has 2 aromatic carbocycles. The first kappa shape index (κ1) is 20.6. The Kier molecular flexibility index (Phi) is 5.92. The van der Waals surface area contributed by atoms with Gasteiger partial charge in [-0.2, -0.15) is 0 Å². The number of nitrogens with zero attached hydrogens (tertiary/aromatic N) is 3. The number of rotatable bonds is 6. The van der Waals surface area contributed by atoms with Gasteiger partial charge in [-0.05, 0) is 44.0 Å². The second-order valence-electron chi connectivity index (χ2n) is 7.51. The van der Waals surface area contributed by atoms with Crippen molar-refractivity contribution in [1.29, 1.82) is 0 Å². The molecule has 0 spiro atoms. The molecule has 1 amide bonds. The Labute approximate surface area is 179 Å². The molecule has 0 saturated heterocycles. The first-order valence-electron chi connectivity index (χ1n) is 10.1. The van der Waals surface area contributed by atoms with Gasteiger partial charge in [-0.15, -0.1) is 0 Å². The Morgan fingerprint density at radius 1 is 1.23 bits per heavy atom. The zero-order valence-corrected chi connectivity index (χ0v) is 18.2. The van der Waals surface area contributed by atoms with Gasteiger partial charge in [0.2, 0.25) is 5.91 Å². The summed E-state index contributed by atoms with van der Waals surface area (Å²) in [6.45, 7) is 4.73. The third-order valence-corrected chi connectivity index (χ3v) is 6.50. The summed E-state index contributed by atoms with van der Waals surface area (Å²) in [7, 11) is 1.60. The molecule has 1 aliphatic heterocycles. The van der Waals surface area contributed by atoms with Crippen LogP contribution in [0.4, 0.5) is 5.69 Å². The molecule has 2 heterocycles. The van der Waals surface area contributed by atoms with Crippen molar-refractivity contribution < 1.29 is 9.53 Å². The van der Waals surface area contributed by atoms with E-state index < -0.39 is 0 Å². The SMILES string of the molecule is COCCn1c(S[C@H](C)C(=O)N2c3ccccc3C[C@@H]2C)nc2ccccc2c1=O. The molecule has 3 aromatic rings. The van der Waals surface area contributed by atoms with Crippen molar-refractivity contribution in [2.75, 3.05) is 18.6 Å². The van der Waals surface area contributed by atoms with E-state index in [2.05, 4.69) is 13.0 Å². The average molecular weight is 424 g/mol. The molecule has 4 rings (SSSR count). The molecule has 0 aliphatic carbocycles. The van der Waals surface area contributed by atoms with Crippen LogP contribution in [0.3, 0.4) is 0 Å². The molecule has 30 heavy (non-hydrogen) atoms. The van der Waals surface area contributed by atoms with E-state index >= 15 is 0 Å². The predicted molar refractivity (Wildman–Crippen MR) is 120 cm³/mol. The van der Waals surface area contributed by atoms with E-state index in [-0.39, 0.29) is 22.8 Å². The lowest BCUT2D eigenvalue weighted by molar-refractivity contribution is -0.118. The Morgan fingerprint density at radius 3 is 2.77 bits per heavy atom. The monoisotopic (exact) mass is 423 g/mol. The summed E-state index contributed by atoms with van der Waals surface area (Å²) >= 11 is 1.33. The van der Waals surface area contributed by atoms with Crippen LogP contribution in [0.15, 0.2) is 58.5 Å². The maximum absolute atomic E-state index is 13.4. The van der Waals surface area contributed by atoms with Crippen LogP contribution >= 0.6 is 11.8 Å². The number of hydrogen-bond donors (Lipinski definition) is 0. The summed E-state index contributed by atoms with van der Waals surface area (Å²) in [6, 6.07) is 15.4. The fourth-order valence-electron chi connectivity index (χ4n) is 3.92. The van der Waals surface area contributed by atoms with Crippen molar-refractivity contribution in [3.05, 3.63) is 64.4 Å². The van der Waals surface area contributed by atoms with Crippen molar-refractivity contribution in [3.8, 4) is 0 Å². The third kappa shape index (κ3) is 3.75. The molecule has 0 fully saturated rings. The van der Waals surface area contributed by atoms with Crippen LogP contribution in [0.5, 0.6) is 0 Å². The molecule has 7 heteroatoms. The largest absolute Gasteiger partial charge is 0.383 e. The van der Waals surface area contributed by atoms with Gasteiger partial charge in [0.15, 0.2) is 5.16 Å². The standard InChI is InChI=1S/C23H25N3O3S/c1-15-14-17-8-4-7-11-20(17)26(15)21(27)16(2)30-23-24-19-10-6-5-9-18(19)22(28)25(23)12-13-29-3/h4-11,15-16H,12-14H2,1-3H3/t15-,16+/m0/s1. The number of aromatic nitrogens is 2. The van der Waals surface area contributed by atoms with Crippen LogP contribution in [0.2, 0.25) is 0 Å². The summed E-state index contributed by atoms with van der Waals surface area (Å²) < 4.78 is 6.80. The number of carbonyl (C=O) groups is 1. The quantitative estimate of drug-likeness (QED) is 0.449. The first-order chi connectivity index (χ1) is 14.5. The molecular formula is C23H25N3O3S. The smallest absolute Gasteiger partial charge is 0.262 e. The van der Waals surface area contributed by atoms with Gasteiger partial charge in [0.1, 0.15) is 0 Å². The lowest BCUT2D eigenvalue weighted by atomic mass is 10.1. The number of fused-ring (bicyclic) bond motifs is 2. The van der Waals surface area contributed by atoms with Gasteiger partial charge in [0, 0.05) is 18.8 Å². The minimum atomic E-state index is -0.388. The van der Waals surface area contributed by atoms with Gasteiger partial charge >= 0.3 is 0 Å². The van der Waals surface area contributed by atoms with E-state index in [1.54, 1.807) is 17.7 Å². The number of carbonyl (C=O) groups excluding carboxylic acids is 1. The lowest BCUT2D eigenvalue weighted by Crippen LogP contribution is -2.40. The van der Waals surface area contributed by atoms with Crippen LogP contribution in [-0.4, -0.2) is 40.5 Å². The van der Waals surface area contributed by atoms with Gasteiger partial charge in [0.25, 0.3) is 5.56 Å². The summed E-state index contributed by atoms with van der Waals surface area (Å²) in [5, 5.41) is 0.719. The lowest BCUT2D eigenvalue weighted by Gasteiger charge is -2.26. The molecule has 0 radical (unpaired) electrons. The molecule has 1 aromatic heterocycles. The van der Waals surface area contributed by atoms with Crippen molar-refractivity contribution in [1.82, 2.24) is 9.55 Å². The van der Waals surface area contributed by atoms with E-state index in [1.807, 2.05) is 48.2 Å². The van der Waals surface area contributed by atoms with Gasteiger partial charge in [-0.25, -0.2) is 4.98 Å². The molecule has 1 aliphatic rings. The van der Waals surface area contributed by atoms with Gasteiger partial charge in [-0.1, -0.05) is 42.1 Å². The van der Waals surface area contributed by atoms with E-state index in [0.29, 0.717) is 29.2 Å². The maximum atomic E-state index is 13.4. The molecule has 0 saturated carbocycles. The van der Waals surface area contributed by atoms with Gasteiger partial charge < -0.3 is 9.64 Å². The Balaban J connectivity index is 1.66. The van der Waals surface area contributed by atoms with Crippen LogP contribution in [0.25, 0.3) is 10.9 Å². The highest BCUT2D eigenvalue weighted by Crippen LogP contribution is 2.34. The van der Waals surface area contributed by atoms with Crippen LogP contribution < -0.4 is 10.5 Å². The fraction of sp³-hybridized carbons (Fsp3) is 0.348. The summed E-state index contributed by atoms with van der Waals surface area (Å²) in [4.78, 5) is 33.0. The van der Waals surface area contributed by atoms with Crippen molar-refractivity contribution in [2.24, 2.45) is 0 Å². The van der Waals surface area contributed by atoms with Crippen LogP contribution in [0, 0.1) is 0 Å². The first-order valence-corrected chi connectivity index (χ1v) is 11.0. The number of para-hydroxylation sites is 2. The zero-order chi connectivity index (χ0) is 21.3. The van der Waals surface area contributed by atoms with Gasteiger partial charge in [-0.3, -0.25) is 14.2 Å². The highest BCUT2D eigenvalue weighted by molar-refractivity contribution is 8.00. The Bertz CT molecular complexity index is 1140. The molecule has 2 atom stereocenters. The maximum Gasteiger partial charge on any atom is 0.262 e. The molecular weight excluding hydrogens is 398 g/mol. The van der Waals surface area contributed by atoms with E-state index in [9.17, 15) is 9.59 Å². The van der Waals surface area contributed by atoms with E-state index in [1.165, 1.54) is 17.3 Å². The zero-order valence-electron chi connectivity index (χ0n) is 17.4. The molecule has 0 unspecified atom stereocenters. The summed E-state index contributed by atoms with van der Waals surface area (Å²) in [5.41, 5.74) is 2.69. The number of thioether (sulfide) groups is 1. The van der Waals surface area contributed by atoms with Crippen LogP contribution in [-0.2, 0) is 22.5 Å². The van der Waals surface area contributed by atoms with Gasteiger partial charge in [0.05, 0.1) is 29.3 Å². The topological polar surface area (TPSA) is 64.4 Å². The number of methoxy groups -OCH3 is 1. The second-order valence-corrected chi connectivity index (χ2v) is 8.82. The van der Waals surface area contributed by atoms with Crippen LogP contribution in [0.1, 0.15) is 19.4 Å². The highest BCUT2D eigenvalue weighted by Gasteiger charge is 2.34. The number of anilines is 1. The predicted octanol–water partition coefficient (Wildman–Crippen LogP) is 3.50. The Hall–Kier alpha value is -2.64. The minimum absolute atomic E-state index is 0.0261. The van der Waals surface area contributed by atoms with Crippen molar-refractivity contribution >= 4 is 34.3 Å². The normalized spacial score (nSPS) is 16.6. The summed E-state index contributed by atoms with van der Waals surface area (Å²) in [6.07, 6.45) is 0.853. The second kappa shape index (κ2) is 8.62. The number of amides is 1. The average Bonchev–Trinajstić information content (AvgIpc) is 3.08. The number of hydrogen-bond acceptors (Lipinski definition) is 5. The molecule has 0 N–H and O–H groups in total. The molecule has 6 nitrogen and oxygen atoms in total. The summed E-state index contributed by atoms with van der Waals surface area (Å²) in [5.74, 6) is 0.0261. The van der Waals surface area contributed by atoms with Crippen molar-refractivity contribution in [2.45, 2.75) is 43.3 Å². The van der Waals surface area contributed by atoms with E-state index in [0.717, 1.165) is 12.1 Å². The minimum Gasteiger partial charge on any atom is -0.383 e. The Morgan fingerprint density at radius 2 is 1.97 bits per heavy atom. The number of benzene rings is 2. The number of ether oxygens (including phenoxy) is 1. The van der Waals surface area contributed by atoms with E-state index in [4.69, 9.17) is 9.72 Å². The molecule has 0 bridgehead atoms. The van der Waals surface area contributed by atoms with Crippen molar-refractivity contribution in [3.63, 3.8) is 0 Å². The third-order valence-electron chi connectivity index (χ3n) is 5.42. The highest BCUT2D eigenvalue weighted by atomic mass is 32.2.